The van der Waals surface area contributed by atoms with Crippen LogP contribution in [0.2, 0.25) is 5.02 Å². The van der Waals surface area contributed by atoms with Gasteiger partial charge in [0.1, 0.15) is 17.1 Å². The number of barbiturate groups is 1. The van der Waals surface area contributed by atoms with Crippen molar-refractivity contribution < 1.29 is 23.5 Å². The number of hydrogen-bond donors (Lipinski definition) is 1. The number of urea groups is 1. The number of carbonyl (C=O) groups is 3. The largest absolute Gasteiger partial charge is 0.495 e. The standard InChI is InChI=1S/C21H16ClN3O5/c1-29-18-7-6-14(11-17(18)22)24-8-2-4-13(24)10-16-19(26)23-21(28)25(20(16)27)12-15-5-3-9-30-15/h2-11H,12H2,1H3,(H,23,26,28)/b16-10-. The number of hydrogen-bond acceptors (Lipinski definition) is 5. The SMILES string of the molecule is COc1ccc(-n2cccc2/C=C2/C(=O)NC(=O)N(Cc3ccco3)C2=O)cc1Cl. The summed E-state index contributed by atoms with van der Waals surface area (Å²) in [5.41, 5.74) is 1.10. The van der Waals surface area contributed by atoms with Gasteiger partial charge in [-0.1, -0.05) is 11.6 Å². The number of nitrogens with zero attached hydrogens (tertiary/aromatic N) is 2. The smallest absolute Gasteiger partial charge is 0.331 e. The van der Waals surface area contributed by atoms with Crippen molar-refractivity contribution in [1.29, 1.82) is 0 Å². The molecule has 1 saturated heterocycles. The summed E-state index contributed by atoms with van der Waals surface area (Å²) >= 11 is 6.21. The van der Waals surface area contributed by atoms with Crippen molar-refractivity contribution in [2.24, 2.45) is 0 Å². The number of furan rings is 1. The van der Waals surface area contributed by atoms with Crippen LogP contribution in [0.1, 0.15) is 11.5 Å². The van der Waals surface area contributed by atoms with Gasteiger partial charge in [0.15, 0.2) is 0 Å². The number of methoxy groups -OCH3 is 1. The van der Waals surface area contributed by atoms with Crippen molar-refractivity contribution in [3.05, 3.63) is 77.0 Å². The van der Waals surface area contributed by atoms with Crippen LogP contribution in [-0.2, 0) is 16.1 Å². The second-order valence-corrected chi connectivity index (χ2v) is 6.82. The molecule has 0 spiro atoms. The summed E-state index contributed by atoms with van der Waals surface area (Å²) in [7, 11) is 1.52. The van der Waals surface area contributed by atoms with E-state index in [0.717, 1.165) is 4.90 Å². The van der Waals surface area contributed by atoms with Crippen molar-refractivity contribution in [2.45, 2.75) is 6.54 Å². The van der Waals surface area contributed by atoms with Crippen LogP contribution in [0.5, 0.6) is 5.75 Å². The molecule has 0 saturated carbocycles. The van der Waals surface area contributed by atoms with Gasteiger partial charge in [-0.3, -0.25) is 19.8 Å². The number of nitrogens with one attached hydrogen (secondary N) is 1. The number of imide groups is 2. The number of rotatable bonds is 5. The molecule has 3 aromatic rings. The second kappa shape index (κ2) is 7.92. The molecular weight excluding hydrogens is 410 g/mol. The molecule has 1 N–H and O–H groups in total. The normalized spacial score (nSPS) is 15.6. The Hall–Kier alpha value is -3.78. The van der Waals surface area contributed by atoms with Gasteiger partial charge in [0.25, 0.3) is 11.8 Å². The first kappa shape index (κ1) is 19.5. The van der Waals surface area contributed by atoms with Crippen molar-refractivity contribution in [1.82, 2.24) is 14.8 Å². The van der Waals surface area contributed by atoms with Crippen LogP contribution in [0.3, 0.4) is 0 Å². The molecular formula is C21H16ClN3O5. The highest BCUT2D eigenvalue weighted by atomic mass is 35.5. The zero-order chi connectivity index (χ0) is 21.3. The van der Waals surface area contributed by atoms with E-state index < -0.39 is 17.8 Å². The summed E-state index contributed by atoms with van der Waals surface area (Å²) in [6.07, 6.45) is 4.63. The van der Waals surface area contributed by atoms with Gasteiger partial charge in [0, 0.05) is 17.6 Å². The lowest BCUT2D eigenvalue weighted by molar-refractivity contribution is -0.130. The van der Waals surface area contributed by atoms with Crippen LogP contribution in [0.15, 0.2) is 64.9 Å². The molecule has 0 atom stereocenters. The molecule has 0 unspecified atom stereocenters. The number of aromatic nitrogens is 1. The van der Waals surface area contributed by atoms with Gasteiger partial charge in [-0.2, -0.15) is 0 Å². The predicted octanol–water partition coefficient (Wildman–Crippen LogP) is 3.39. The molecule has 4 amide bonds. The Morgan fingerprint density at radius 3 is 2.70 bits per heavy atom. The van der Waals surface area contributed by atoms with Gasteiger partial charge in [0.2, 0.25) is 0 Å². The zero-order valence-corrected chi connectivity index (χ0v) is 16.6. The number of amides is 4. The maximum absolute atomic E-state index is 12.9. The van der Waals surface area contributed by atoms with Gasteiger partial charge in [-0.15, -0.1) is 0 Å². The maximum Gasteiger partial charge on any atom is 0.331 e. The van der Waals surface area contributed by atoms with Crippen LogP contribution in [0, 0.1) is 0 Å². The molecule has 2 aromatic heterocycles. The zero-order valence-electron chi connectivity index (χ0n) is 15.8. The van der Waals surface area contributed by atoms with Crippen LogP contribution in [0.25, 0.3) is 11.8 Å². The van der Waals surface area contributed by atoms with Crippen molar-refractivity contribution in [3.8, 4) is 11.4 Å². The first-order valence-corrected chi connectivity index (χ1v) is 9.28. The van der Waals surface area contributed by atoms with E-state index in [0.29, 0.717) is 27.9 Å². The van der Waals surface area contributed by atoms with E-state index in [4.69, 9.17) is 20.8 Å². The minimum Gasteiger partial charge on any atom is -0.495 e. The van der Waals surface area contributed by atoms with E-state index in [1.807, 2.05) is 0 Å². The molecule has 1 aliphatic heterocycles. The second-order valence-electron chi connectivity index (χ2n) is 6.41. The van der Waals surface area contributed by atoms with E-state index in [-0.39, 0.29) is 12.1 Å². The average molecular weight is 426 g/mol. The molecule has 0 radical (unpaired) electrons. The van der Waals surface area contributed by atoms with Crippen molar-refractivity contribution in [3.63, 3.8) is 0 Å². The third kappa shape index (κ3) is 3.60. The molecule has 152 valence electrons. The summed E-state index contributed by atoms with van der Waals surface area (Å²) < 4.78 is 12.1. The van der Waals surface area contributed by atoms with Crippen LogP contribution < -0.4 is 10.1 Å². The van der Waals surface area contributed by atoms with Gasteiger partial charge in [-0.25, -0.2) is 4.79 Å². The molecule has 8 nitrogen and oxygen atoms in total. The maximum atomic E-state index is 12.9. The Bertz CT molecular complexity index is 1160. The third-order valence-electron chi connectivity index (χ3n) is 4.57. The van der Waals surface area contributed by atoms with E-state index in [1.54, 1.807) is 53.2 Å². The third-order valence-corrected chi connectivity index (χ3v) is 4.86. The molecule has 9 heteroatoms. The Morgan fingerprint density at radius 2 is 2.00 bits per heavy atom. The van der Waals surface area contributed by atoms with Crippen LogP contribution >= 0.6 is 11.6 Å². The van der Waals surface area contributed by atoms with E-state index >= 15 is 0 Å². The molecule has 1 aliphatic rings. The summed E-state index contributed by atoms with van der Waals surface area (Å²) in [5.74, 6) is -0.522. The highest BCUT2D eigenvalue weighted by molar-refractivity contribution is 6.32. The molecule has 1 aromatic carbocycles. The monoisotopic (exact) mass is 425 g/mol. The highest BCUT2D eigenvalue weighted by Gasteiger charge is 2.36. The lowest BCUT2D eigenvalue weighted by atomic mass is 10.1. The highest BCUT2D eigenvalue weighted by Crippen LogP contribution is 2.28. The van der Waals surface area contributed by atoms with Gasteiger partial charge < -0.3 is 13.7 Å². The summed E-state index contributed by atoms with van der Waals surface area (Å²) in [6, 6.07) is 11.2. The Labute approximate surface area is 176 Å². The number of ether oxygens (including phenoxy) is 1. The Morgan fingerprint density at radius 1 is 1.17 bits per heavy atom. The van der Waals surface area contributed by atoms with E-state index in [9.17, 15) is 14.4 Å². The topological polar surface area (TPSA) is 93.8 Å². The molecule has 4 rings (SSSR count). The summed E-state index contributed by atoms with van der Waals surface area (Å²) in [5, 5.41) is 2.61. The predicted molar refractivity (Wildman–Crippen MR) is 108 cm³/mol. The van der Waals surface area contributed by atoms with E-state index in [2.05, 4.69) is 5.32 Å². The van der Waals surface area contributed by atoms with Crippen molar-refractivity contribution >= 4 is 35.5 Å². The van der Waals surface area contributed by atoms with E-state index in [1.165, 1.54) is 19.4 Å². The lowest BCUT2D eigenvalue weighted by Crippen LogP contribution is -2.53. The molecule has 0 aliphatic carbocycles. The van der Waals surface area contributed by atoms with Gasteiger partial charge in [-0.05, 0) is 48.5 Å². The van der Waals surface area contributed by atoms with Gasteiger partial charge >= 0.3 is 6.03 Å². The Kier molecular flexibility index (Phi) is 5.16. The average Bonchev–Trinajstić information content (AvgIpc) is 3.40. The minimum absolute atomic E-state index is 0.0859. The van der Waals surface area contributed by atoms with Crippen molar-refractivity contribution in [2.75, 3.05) is 7.11 Å². The molecule has 30 heavy (non-hydrogen) atoms. The first-order valence-electron chi connectivity index (χ1n) is 8.90. The van der Waals surface area contributed by atoms with Crippen LogP contribution in [-0.4, -0.2) is 34.4 Å². The summed E-state index contributed by atoms with van der Waals surface area (Å²) in [4.78, 5) is 38.3. The minimum atomic E-state index is -0.795. The van der Waals surface area contributed by atoms with Gasteiger partial charge in [0.05, 0.1) is 24.9 Å². The van der Waals surface area contributed by atoms with Crippen LogP contribution in [0.4, 0.5) is 4.79 Å². The number of halogens is 1. The fraction of sp³-hybridized carbons (Fsp3) is 0.0952. The molecule has 1 fully saturated rings. The fourth-order valence-corrected chi connectivity index (χ4v) is 3.35. The molecule has 0 bridgehead atoms. The summed E-state index contributed by atoms with van der Waals surface area (Å²) in [6.45, 7) is -0.0859. The lowest BCUT2D eigenvalue weighted by Gasteiger charge is -2.25. The Balaban J connectivity index is 1.68. The first-order chi connectivity index (χ1) is 14.5. The number of carbonyl (C=O) groups excluding carboxylic acids is 3. The number of benzene rings is 1. The molecule has 3 heterocycles. The quantitative estimate of drug-likeness (QED) is 0.499. The fourth-order valence-electron chi connectivity index (χ4n) is 3.10.